The zero-order chi connectivity index (χ0) is 11.7. The van der Waals surface area contributed by atoms with Gasteiger partial charge in [0, 0.05) is 5.41 Å². The third-order valence-electron chi connectivity index (χ3n) is 3.60. The molecule has 2 aliphatic rings. The Hall–Kier alpha value is -1.26. The Labute approximate surface area is 101 Å². The van der Waals surface area contributed by atoms with Crippen LogP contribution in [0.1, 0.15) is 12.0 Å². The molecule has 92 valence electrons. The molecule has 0 unspecified atom stereocenters. The number of hydrogen-bond acceptors (Lipinski definition) is 4. The summed E-state index contributed by atoms with van der Waals surface area (Å²) in [5, 5.41) is 3.20. The van der Waals surface area contributed by atoms with Gasteiger partial charge in [-0.05, 0) is 37.7 Å². The fourth-order valence-corrected chi connectivity index (χ4v) is 2.39. The second-order valence-corrected chi connectivity index (χ2v) is 4.69. The monoisotopic (exact) mass is 235 g/mol. The number of hydrogen-bond donors (Lipinski definition) is 1. The average molecular weight is 235 g/mol. The van der Waals surface area contributed by atoms with Gasteiger partial charge in [0.1, 0.15) is 0 Å². The molecule has 3 rings (SSSR count). The average Bonchev–Trinajstić information content (AvgIpc) is 2.75. The molecule has 0 saturated carbocycles. The van der Waals surface area contributed by atoms with Crippen molar-refractivity contribution in [3.8, 4) is 11.5 Å². The van der Waals surface area contributed by atoms with E-state index in [9.17, 15) is 0 Å². The summed E-state index contributed by atoms with van der Waals surface area (Å²) in [6.45, 7) is 2.93. The molecule has 1 saturated heterocycles. The lowest BCUT2D eigenvalue weighted by atomic mass is 9.76. The zero-order valence-corrected chi connectivity index (χ0v) is 9.99. The van der Waals surface area contributed by atoms with Crippen LogP contribution in [0.25, 0.3) is 0 Å². The van der Waals surface area contributed by atoms with E-state index in [1.807, 2.05) is 13.1 Å². The van der Waals surface area contributed by atoms with E-state index >= 15 is 0 Å². The summed E-state index contributed by atoms with van der Waals surface area (Å²) in [6.07, 6.45) is 1.09. The Morgan fingerprint density at radius 2 is 2.06 bits per heavy atom. The third kappa shape index (κ3) is 1.77. The first-order valence-corrected chi connectivity index (χ1v) is 5.97. The minimum atomic E-state index is 0.157. The Bertz CT molecular complexity index is 415. The maximum absolute atomic E-state index is 5.43. The van der Waals surface area contributed by atoms with Crippen LogP contribution in [-0.2, 0) is 10.2 Å². The molecule has 1 aromatic carbocycles. The summed E-state index contributed by atoms with van der Waals surface area (Å²) in [5.74, 6) is 1.70. The highest BCUT2D eigenvalue weighted by Crippen LogP contribution is 2.41. The van der Waals surface area contributed by atoms with Gasteiger partial charge in [-0.25, -0.2) is 0 Å². The normalized spacial score (nSPS) is 20.1. The summed E-state index contributed by atoms with van der Waals surface area (Å²) in [7, 11) is 1.98. The van der Waals surface area contributed by atoms with E-state index in [0.717, 1.165) is 37.7 Å². The van der Waals surface area contributed by atoms with Gasteiger partial charge in [0.05, 0.1) is 13.2 Å². The minimum Gasteiger partial charge on any atom is -0.454 e. The van der Waals surface area contributed by atoms with Crippen LogP contribution in [0.2, 0.25) is 0 Å². The number of ether oxygens (including phenoxy) is 3. The fraction of sp³-hybridized carbons (Fsp3) is 0.538. The molecule has 0 aromatic heterocycles. The molecule has 0 spiro atoms. The molecular formula is C13H17NO3. The SMILES string of the molecule is CNCCC1(c2ccc3c(c2)OCO3)COC1. The van der Waals surface area contributed by atoms with Crippen molar-refractivity contribution in [1.82, 2.24) is 5.32 Å². The van der Waals surface area contributed by atoms with Crippen LogP contribution in [0.3, 0.4) is 0 Å². The highest BCUT2D eigenvalue weighted by molar-refractivity contribution is 5.47. The molecule has 0 amide bonds. The van der Waals surface area contributed by atoms with E-state index in [1.165, 1.54) is 5.56 Å². The van der Waals surface area contributed by atoms with Crippen molar-refractivity contribution in [2.45, 2.75) is 11.8 Å². The number of rotatable bonds is 4. The molecule has 1 aromatic rings. The van der Waals surface area contributed by atoms with Gasteiger partial charge in [-0.1, -0.05) is 6.07 Å². The van der Waals surface area contributed by atoms with Crippen LogP contribution in [0, 0.1) is 0 Å². The van der Waals surface area contributed by atoms with E-state index < -0.39 is 0 Å². The van der Waals surface area contributed by atoms with Crippen molar-refractivity contribution >= 4 is 0 Å². The van der Waals surface area contributed by atoms with Crippen molar-refractivity contribution in [1.29, 1.82) is 0 Å². The largest absolute Gasteiger partial charge is 0.454 e. The highest BCUT2D eigenvalue weighted by atomic mass is 16.7. The third-order valence-corrected chi connectivity index (χ3v) is 3.60. The summed E-state index contributed by atoms with van der Waals surface area (Å²) in [6, 6.07) is 6.23. The molecule has 0 aliphatic carbocycles. The lowest BCUT2D eigenvalue weighted by Gasteiger charge is -2.42. The first kappa shape index (κ1) is 10.9. The van der Waals surface area contributed by atoms with Gasteiger partial charge in [0.25, 0.3) is 0 Å². The van der Waals surface area contributed by atoms with E-state index in [-0.39, 0.29) is 5.41 Å². The molecule has 0 atom stereocenters. The van der Waals surface area contributed by atoms with E-state index in [4.69, 9.17) is 14.2 Å². The maximum Gasteiger partial charge on any atom is 0.231 e. The minimum absolute atomic E-state index is 0.157. The first-order chi connectivity index (χ1) is 8.34. The van der Waals surface area contributed by atoms with Crippen LogP contribution >= 0.6 is 0 Å². The lowest BCUT2D eigenvalue weighted by molar-refractivity contribution is -0.0638. The Kier molecular flexibility index (Phi) is 2.68. The predicted molar refractivity (Wildman–Crippen MR) is 63.6 cm³/mol. The summed E-state index contributed by atoms with van der Waals surface area (Å²) >= 11 is 0. The van der Waals surface area contributed by atoms with Crippen LogP contribution in [-0.4, -0.2) is 33.6 Å². The van der Waals surface area contributed by atoms with Crippen molar-refractivity contribution < 1.29 is 14.2 Å². The topological polar surface area (TPSA) is 39.7 Å². The molecule has 4 heteroatoms. The lowest BCUT2D eigenvalue weighted by Crippen LogP contribution is -2.48. The van der Waals surface area contributed by atoms with Gasteiger partial charge >= 0.3 is 0 Å². The smallest absolute Gasteiger partial charge is 0.231 e. The molecule has 17 heavy (non-hydrogen) atoms. The number of fused-ring (bicyclic) bond motifs is 1. The molecule has 2 aliphatic heterocycles. The molecule has 0 radical (unpaired) electrons. The first-order valence-electron chi connectivity index (χ1n) is 5.97. The molecule has 0 bridgehead atoms. The fourth-order valence-electron chi connectivity index (χ4n) is 2.39. The van der Waals surface area contributed by atoms with Crippen molar-refractivity contribution in [2.75, 3.05) is 33.6 Å². The van der Waals surface area contributed by atoms with Gasteiger partial charge in [0.15, 0.2) is 11.5 Å². The van der Waals surface area contributed by atoms with Crippen molar-refractivity contribution in [2.24, 2.45) is 0 Å². The second kappa shape index (κ2) is 4.20. The molecular weight excluding hydrogens is 218 g/mol. The predicted octanol–water partition coefficient (Wildman–Crippen LogP) is 1.29. The van der Waals surface area contributed by atoms with Crippen molar-refractivity contribution in [3.63, 3.8) is 0 Å². The van der Waals surface area contributed by atoms with Crippen LogP contribution in [0.4, 0.5) is 0 Å². The van der Waals surface area contributed by atoms with E-state index in [1.54, 1.807) is 0 Å². The van der Waals surface area contributed by atoms with Gasteiger partial charge in [-0.2, -0.15) is 0 Å². The second-order valence-electron chi connectivity index (χ2n) is 4.69. The number of benzene rings is 1. The van der Waals surface area contributed by atoms with Gasteiger partial charge in [-0.15, -0.1) is 0 Å². The summed E-state index contributed by atoms with van der Waals surface area (Å²) < 4.78 is 16.2. The zero-order valence-electron chi connectivity index (χ0n) is 9.99. The van der Waals surface area contributed by atoms with E-state index in [0.29, 0.717) is 6.79 Å². The molecule has 2 heterocycles. The van der Waals surface area contributed by atoms with Crippen LogP contribution in [0.15, 0.2) is 18.2 Å². The summed E-state index contributed by atoms with van der Waals surface area (Å²) in [5.41, 5.74) is 1.45. The Morgan fingerprint density at radius 1 is 1.24 bits per heavy atom. The van der Waals surface area contributed by atoms with Gasteiger partial charge in [-0.3, -0.25) is 0 Å². The van der Waals surface area contributed by atoms with Crippen LogP contribution in [0.5, 0.6) is 11.5 Å². The standard InChI is InChI=1S/C13H17NO3/c1-14-5-4-13(7-15-8-13)10-2-3-11-12(6-10)17-9-16-11/h2-3,6,14H,4-5,7-9H2,1H3. The number of nitrogens with one attached hydrogen (secondary N) is 1. The van der Waals surface area contributed by atoms with Crippen molar-refractivity contribution in [3.05, 3.63) is 23.8 Å². The molecule has 1 fully saturated rings. The Balaban J connectivity index is 1.86. The van der Waals surface area contributed by atoms with Gasteiger partial charge < -0.3 is 19.5 Å². The quantitative estimate of drug-likeness (QED) is 0.853. The highest BCUT2D eigenvalue weighted by Gasteiger charge is 2.40. The maximum atomic E-state index is 5.43. The Morgan fingerprint density at radius 3 is 2.76 bits per heavy atom. The van der Waals surface area contributed by atoms with Gasteiger partial charge in [0.2, 0.25) is 6.79 Å². The molecule has 4 nitrogen and oxygen atoms in total. The van der Waals surface area contributed by atoms with E-state index in [2.05, 4.69) is 17.4 Å². The molecule has 1 N–H and O–H groups in total. The van der Waals surface area contributed by atoms with Crippen LogP contribution < -0.4 is 14.8 Å². The summed E-state index contributed by atoms with van der Waals surface area (Å²) in [4.78, 5) is 0.